The molecule has 1 aromatic heterocycles. The summed E-state index contributed by atoms with van der Waals surface area (Å²) in [6.07, 6.45) is 1.52. The lowest BCUT2D eigenvalue weighted by Gasteiger charge is -2.09. The number of hydrogen-bond donors (Lipinski definition) is 2. The van der Waals surface area contributed by atoms with E-state index in [9.17, 15) is 5.11 Å². The van der Waals surface area contributed by atoms with E-state index in [1.165, 1.54) is 28.1 Å². The molecule has 0 radical (unpaired) electrons. The van der Waals surface area contributed by atoms with Gasteiger partial charge in [0.1, 0.15) is 12.3 Å². The highest BCUT2D eigenvalue weighted by molar-refractivity contribution is 6.37. The third-order valence-electron chi connectivity index (χ3n) is 5.77. The predicted octanol–water partition coefficient (Wildman–Crippen LogP) is 6.57. The first-order valence-corrected chi connectivity index (χ1v) is 12.1. The lowest BCUT2D eigenvalue weighted by molar-refractivity contribution is 0.276. The SMILES string of the molecule is Oc1c(Cl)cc(-c2cnc(OCc3ccc(CNCc4cccc5ccccc45)cc3)nn2)cc1Cl. The number of hydrogen-bond acceptors (Lipinski definition) is 6. The van der Waals surface area contributed by atoms with Crippen molar-refractivity contribution in [3.05, 3.63) is 112 Å². The lowest BCUT2D eigenvalue weighted by atomic mass is 10.0. The van der Waals surface area contributed by atoms with Crippen LogP contribution in [0.15, 0.2) is 85.1 Å². The fraction of sp³-hybridized carbons (Fsp3) is 0.107. The molecule has 2 N–H and O–H groups in total. The number of aromatic nitrogens is 3. The van der Waals surface area contributed by atoms with Crippen LogP contribution in [-0.2, 0) is 19.7 Å². The van der Waals surface area contributed by atoms with Crippen LogP contribution in [0.1, 0.15) is 16.7 Å². The van der Waals surface area contributed by atoms with Gasteiger partial charge >= 0.3 is 6.01 Å². The number of halogens is 2. The number of phenolic OH excluding ortho intramolecular Hbond substituents is 1. The summed E-state index contributed by atoms with van der Waals surface area (Å²) in [7, 11) is 0. The standard InChI is InChI=1S/C28H22Cl2N4O2/c29-24-12-22(13-25(30)27(24)35)26-16-32-28(34-33-26)36-17-19-10-8-18(9-11-19)14-31-15-21-6-3-5-20-4-1-2-7-23(20)21/h1-13,16,31,35H,14-15,17H2. The number of fused-ring (bicyclic) bond motifs is 1. The van der Waals surface area contributed by atoms with Gasteiger partial charge in [-0.25, -0.2) is 4.98 Å². The molecule has 1 heterocycles. The summed E-state index contributed by atoms with van der Waals surface area (Å²) in [6.45, 7) is 1.89. The highest BCUT2D eigenvalue weighted by Gasteiger charge is 2.10. The maximum Gasteiger partial charge on any atom is 0.336 e. The van der Waals surface area contributed by atoms with Crippen molar-refractivity contribution in [1.82, 2.24) is 20.5 Å². The number of aromatic hydroxyl groups is 1. The first-order valence-electron chi connectivity index (χ1n) is 11.3. The Balaban J connectivity index is 1.14. The molecule has 36 heavy (non-hydrogen) atoms. The minimum atomic E-state index is -0.172. The average molecular weight is 517 g/mol. The maximum absolute atomic E-state index is 9.70. The molecule has 0 fully saturated rings. The molecular weight excluding hydrogens is 495 g/mol. The van der Waals surface area contributed by atoms with Gasteiger partial charge < -0.3 is 15.2 Å². The van der Waals surface area contributed by atoms with Crippen molar-refractivity contribution in [3.8, 4) is 23.0 Å². The Morgan fingerprint density at radius 1 is 0.806 bits per heavy atom. The Kier molecular flexibility index (Phi) is 7.28. The number of phenols is 1. The second-order valence-electron chi connectivity index (χ2n) is 8.26. The van der Waals surface area contributed by atoms with Crippen molar-refractivity contribution >= 4 is 34.0 Å². The maximum atomic E-state index is 9.70. The normalized spacial score (nSPS) is 11.1. The molecule has 0 saturated carbocycles. The van der Waals surface area contributed by atoms with E-state index in [0.717, 1.165) is 18.7 Å². The van der Waals surface area contributed by atoms with Crippen LogP contribution >= 0.6 is 23.2 Å². The first-order chi connectivity index (χ1) is 17.6. The van der Waals surface area contributed by atoms with Gasteiger partial charge in [0.25, 0.3) is 0 Å². The molecular formula is C28H22Cl2N4O2. The molecule has 8 heteroatoms. The minimum Gasteiger partial charge on any atom is -0.505 e. The fourth-order valence-electron chi connectivity index (χ4n) is 3.87. The fourth-order valence-corrected chi connectivity index (χ4v) is 4.35. The van der Waals surface area contributed by atoms with Crippen molar-refractivity contribution in [2.75, 3.05) is 0 Å². The molecule has 6 nitrogen and oxygen atoms in total. The number of ether oxygens (including phenoxy) is 1. The first kappa shape index (κ1) is 24.0. The van der Waals surface area contributed by atoms with Gasteiger partial charge in [-0.3, -0.25) is 0 Å². The molecule has 0 aliphatic carbocycles. The largest absolute Gasteiger partial charge is 0.505 e. The second kappa shape index (κ2) is 10.9. The van der Waals surface area contributed by atoms with Crippen molar-refractivity contribution in [2.45, 2.75) is 19.7 Å². The summed E-state index contributed by atoms with van der Waals surface area (Å²) in [5, 5.41) is 24.2. The van der Waals surface area contributed by atoms with E-state index in [-0.39, 0.29) is 21.8 Å². The highest BCUT2D eigenvalue weighted by Crippen LogP contribution is 2.35. The molecule has 4 aromatic carbocycles. The van der Waals surface area contributed by atoms with Crippen molar-refractivity contribution in [1.29, 1.82) is 0 Å². The van der Waals surface area contributed by atoms with Gasteiger partial charge in [0.05, 0.1) is 16.2 Å². The van der Waals surface area contributed by atoms with E-state index in [1.807, 2.05) is 12.1 Å². The number of nitrogens with zero attached hydrogens (tertiary/aromatic N) is 3. The topological polar surface area (TPSA) is 80.2 Å². The van der Waals surface area contributed by atoms with Gasteiger partial charge in [0.15, 0.2) is 5.75 Å². The molecule has 5 rings (SSSR count). The van der Waals surface area contributed by atoms with Crippen molar-refractivity contribution < 1.29 is 9.84 Å². The Morgan fingerprint density at radius 2 is 1.53 bits per heavy atom. The van der Waals surface area contributed by atoms with Crippen LogP contribution in [0.3, 0.4) is 0 Å². The molecule has 180 valence electrons. The molecule has 0 saturated heterocycles. The van der Waals surface area contributed by atoms with Crippen LogP contribution in [0.4, 0.5) is 0 Å². The van der Waals surface area contributed by atoms with E-state index < -0.39 is 0 Å². The van der Waals surface area contributed by atoms with Gasteiger partial charge in [0, 0.05) is 18.7 Å². The lowest BCUT2D eigenvalue weighted by Crippen LogP contribution is -2.13. The third kappa shape index (κ3) is 5.57. The quantitative estimate of drug-likeness (QED) is 0.242. The second-order valence-corrected chi connectivity index (χ2v) is 9.08. The molecule has 5 aromatic rings. The van der Waals surface area contributed by atoms with Crippen LogP contribution < -0.4 is 10.1 Å². The smallest absolute Gasteiger partial charge is 0.336 e. The number of benzene rings is 4. The molecule has 0 atom stereocenters. The minimum absolute atomic E-state index is 0.131. The van der Waals surface area contributed by atoms with E-state index in [0.29, 0.717) is 17.9 Å². The molecule has 0 bridgehead atoms. The summed E-state index contributed by atoms with van der Waals surface area (Å²) >= 11 is 11.9. The zero-order chi connectivity index (χ0) is 24.9. The molecule has 0 aliphatic rings. The number of rotatable bonds is 8. The number of nitrogens with one attached hydrogen (secondary N) is 1. The van der Waals surface area contributed by atoms with Gasteiger partial charge in [-0.1, -0.05) is 95.0 Å². The van der Waals surface area contributed by atoms with Crippen LogP contribution in [0, 0.1) is 0 Å². The van der Waals surface area contributed by atoms with Crippen molar-refractivity contribution in [2.24, 2.45) is 0 Å². The summed E-state index contributed by atoms with van der Waals surface area (Å²) in [5.74, 6) is -0.172. The van der Waals surface area contributed by atoms with E-state index >= 15 is 0 Å². The van der Waals surface area contributed by atoms with Gasteiger partial charge in [-0.2, -0.15) is 0 Å². The molecule has 0 spiro atoms. The highest BCUT2D eigenvalue weighted by atomic mass is 35.5. The van der Waals surface area contributed by atoms with E-state index in [1.54, 1.807) is 12.1 Å². The zero-order valence-electron chi connectivity index (χ0n) is 19.2. The molecule has 0 unspecified atom stereocenters. The predicted molar refractivity (Wildman–Crippen MR) is 142 cm³/mol. The van der Waals surface area contributed by atoms with Crippen LogP contribution in [-0.4, -0.2) is 20.3 Å². The summed E-state index contributed by atoms with van der Waals surface area (Å²) in [5.41, 5.74) is 4.53. The third-order valence-corrected chi connectivity index (χ3v) is 6.34. The monoisotopic (exact) mass is 516 g/mol. The molecule has 0 aliphatic heterocycles. The summed E-state index contributed by atoms with van der Waals surface area (Å²) in [6, 6.07) is 26.3. The Bertz CT molecular complexity index is 1460. The molecule has 0 amide bonds. The Hall–Kier alpha value is -3.71. The van der Waals surface area contributed by atoms with Crippen LogP contribution in [0.5, 0.6) is 11.8 Å². The Morgan fingerprint density at radius 3 is 2.28 bits per heavy atom. The summed E-state index contributed by atoms with van der Waals surface area (Å²) in [4.78, 5) is 4.21. The zero-order valence-corrected chi connectivity index (χ0v) is 20.7. The van der Waals surface area contributed by atoms with Crippen LogP contribution in [0.25, 0.3) is 22.0 Å². The van der Waals surface area contributed by atoms with Gasteiger partial charge in [-0.05, 0) is 39.6 Å². The van der Waals surface area contributed by atoms with Gasteiger partial charge in [0.2, 0.25) is 0 Å². The van der Waals surface area contributed by atoms with Gasteiger partial charge in [-0.15, -0.1) is 5.10 Å². The van der Waals surface area contributed by atoms with Crippen LogP contribution in [0.2, 0.25) is 10.0 Å². The average Bonchev–Trinajstić information content (AvgIpc) is 2.91. The van der Waals surface area contributed by atoms with E-state index in [2.05, 4.69) is 75.1 Å². The Labute approximate surface area is 218 Å². The summed E-state index contributed by atoms with van der Waals surface area (Å²) < 4.78 is 5.68. The van der Waals surface area contributed by atoms with Crippen molar-refractivity contribution in [3.63, 3.8) is 0 Å². The van der Waals surface area contributed by atoms with E-state index in [4.69, 9.17) is 27.9 Å².